The summed E-state index contributed by atoms with van der Waals surface area (Å²) in [6, 6.07) is 4.73. The maximum atomic E-state index is 12.8. The minimum atomic E-state index is -3.56. The molecule has 2 rings (SSSR count). The molecule has 0 aliphatic carbocycles. The Morgan fingerprint density at radius 1 is 1.40 bits per heavy atom. The van der Waals surface area contributed by atoms with Gasteiger partial charge >= 0.3 is 0 Å². The zero-order valence-electron chi connectivity index (χ0n) is 11.7. The highest BCUT2D eigenvalue weighted by Gasteiger charge is 2.35. The predicted molar refractivity (Wildman–Crippen MR) is 80.4 cm³/mol. The van der Waals surface area contributed by atoms with E-state index in [9.17, 15) is 8.42 Å². The van der Waals surface area contributed by atoms with Crippen molar-refractivity contribution in [3.05, 3.63) is 28.8 Å². The quantitative estimate of drug-likeness (QED) is 0.900. The first-order chi connectivity index (χ1) is 9.36. The van der Waals surface area contributed by atoms with Gasteiger partial charge in [0, 0.05) is 31.2 Å². The third-order valence-electron chi connectivity index (χ3n) is 3.64. The summed E-state index contributed by atoms with van der Waals surface area (Å²) in [6.07, 6.45) is 0. The van der Waals surface area contributed by atoms with Gasteiger partial charge in [-0.25, -0.2) is 8.42 Å². The summed E-state index contributed by atoms with van der Waals surface area (Å²) in [6.45, 7) is 3.89. The lowest BCUT2D eigenvalue weighted by Gasteiger charge is -2.38. The molecule has 0 spiro atoms. The highest BCUT2D eigenvalue weighted by molar-refractivity contribution is 7.89. The fraction of sp³-hybridized carbons (Fsp3) is 0.538. The van der Waals surface area contributed by atoms with Crippen LogP contribution in [0.25, 0.3) is 0 Å². The number of likely N-dealkylation sites (N-methyl/N-ethyl adjacent to an activating group) is 1. The van der Waals surface area contributed by atoms with Gasteiger partial charge < -0.3 is 10.6 Å². The van der Waals surface area contributed by atoms with Gasteiger partial charge in [-0.1, -0.05) is 17.7 Å². The van der Waals surface area contributed by atoms with Gasteiger partial charge in [0.2, 0.25) is 10.0 Å². The summed E-state index contributed by atoms with van der Waals surface area (Å²) >= 11 is 5.94. The summed E-state index contributed by atoms with van der Waals surface area (Å²) < 4.78 is 27.2. The van der Waals surface area contributed by atoms with Crippen LogP contribution in [0.3, 0.4) is 0 Å². The van der Waals surface area contributed by atoms with E-state index in [1.807, 2.05) is 7.05 Å². The van der Waals surface area contributed by atoms with Crippen molar-refractivity contribution in [2.45, 2.75) is 17.9 Å². The Morgan fingerprint density at radius 2 is 2.10 bits per heavy atom. The fourth-order valence-corrected chi connectivity index (χ4v) is 4.59. The lowest BCUT2D eigenvalue weighted by atomic mass is 10.2. The molecule has 1 aromatic carbocycles. The summed E-state index contributed by atoms with van der Waals surface area (Å²) in [7, 11) is -1.59. The van der Waals surface area contributed by atoms with Crippen molar-refractivity contribution in [2.24, 2.45) is 5.73 Å². The molecular formula is C13H20ClN3O2S. The first-order valence-electron chi connectivity index (χ1n) is 6.53. The number of halogens is 1. The van der Waals surface area contributed by atoms with Crippen LogP contribution in [0.5, 0.6) is 0 Å². The third-order valence-corrected chi connectivity index (χ3v) is 5.97. The second-order valence-electron chi connectivity index (χ2n) is 5.18. The van der Waals surface area contributed by atoms with Crippen LogP contribution in [-0.2, 0) is 10.0 Å². The van der Waals surface area contributed by atoms with Crippen molar-refractivity contribution in [2.75, 3.05) is 33.2 Å². The highest BCUT2D eigenvalue weighted by Crippen LogP contribution is 2.26. The van der Waals surface area contributed by atoms with Crippen molar-refractivity contribution in [1.82, 2.24) is 9.21 Å². The SMILES string of the molecule is Cc1ccc(Cl)cc1S(=O)(=O)N1CCN(C)CC1CN. The highest BCUT2D eigenvalue weighted by atomic mass is 35.5. The van der Waals surface area contributed by atoms with Crippen LogP contribution in [-0.4, -0.2) is 56.9 Å². The van der Waals surface area contributed by atoms with Gasteiger partial charge in [-0.05, 0) is 31.7 Å². The molecule has 1 aliphatic heterocycles. The van der Waals surface area contributed by atoms with Gasteiger partial charge in [-0.15, -0.1) is 0 Å². The van der Waals surface area contributed by atoms with E-state index < -0.39 is 10.0 Å². The summed E-state index contributed by atoms with van der Waals surface area (Å²) in [5, 5.41) is 0.424. The van der Waals surface area contributed by atoms with Crippen LogP contribution in [0, 0.1) is 6.92 Å². The number of sulfonamides is 1. The molecular weight excluding hydrogens is 298 g/mol. The van der Waals surface area contributed by atoms with Gasteiger partial charge in [-0.3, -0.25) is 0 Å². The van der Waals surface area contributed by atoms with Gasteiger partial charge in [0.1, 0.15) is 0 Å². The van der Waals surface area contributed by atoms with Gasteiger partial charge in [0.15, 0.2) is 0 Å². The molecule has 1 heterocycles. The second-order valence-corrected chi connectivity index (χ2v) is 7.47. The Balaban J connectivity index is 2.41. The largest absolute Gasteiger partial charge is 0.329 e. The van der Waals surface area contributed by atoms with Crippen molar-refractivity contribution >= 4 is 21.6 Å². The van der Waals surface area contributed by atoms with Gasteiger partial charge in [0.05, 0.1) is 10.9 Å². The van der Waals surface area contributed by atoms with Gasteiger partial charge in [0.25, 0.3) is 0 Å². The molecule has 1 saturated heterocycles. The average molecular weight is 318 g/mol. The number of benzene rings is 1. The van der Waals surface area contributed by atoms with Crippen molar-refractivity contribution < 1.29 is 8.42 Å². The van der Waals surface area contributed by atoms with E-state index in [0.717, 1.165) is 0 Å². The first kappa shape index (κ1) is 15.7. The molecule has 1 atom stereocenters. The number of nitrogens with two attached hydrogens (primary N) is 1. The van der Waals surface area contributed by atoms with Crippen LogP contribution in [0.4, 0.5) is 0 Å². The molecule has 0 aromatic heterocycles. The lowest BCUT2D eigenvalue weighted by molar-refractivity contribution is 0.164. The average Bonchev–Trinajstić information content (AvgIpc) is 2.40. The number of hydrogen-bond donors (Lipinski definition) is 1. The Kier molecular flexibility index (Phi) is 4.71. The summed E-state index contributed by atoms with van der Waals surface area (Å²) in [4.78, 5) is 2.36. The monoisotopic (exact) mass is 317 g/mol. The Hall–Kier alpha value is -0.660. The number of rotatable bonds is 3. The Morgan fingerprint density at radius 3 is 2.75 bits per heavy atom. The fourth-order valence-electron chi connectivity index (χ4n) is 2.48. The Labute approximate surface area is 125 Å². The molecule has 112 valence electrons. The molecule has 2 N–H and O–H groups in total. The molecule has 1 aliphatic rings. The number of piperazine rings is 1. The van der Waals surface area contributed by atoms with Crippen LogP contribution >= 0.6 is 11.6 Å². The van der Waals surface area contributed by atoms with E-state index >= 15 is 0 Å². The van der Waals surface area contributed by atoms with E-state index in [-0.39, 0.29) is 10.9 Å². The van der Waals surface area contributed by atoms with Crippen molar-refractivity contribution in [3.63, 3.8) is 0 Å². The van der Waals surface area contributed by atoms with Crippen LogP contribution in [0.15, 0.2) is 23.1 Å². The maximum absolute atomic E-state index is 12.8. The number of aryl methyl sites for hydroxylation is 1. The minimum Gasteiger partial charge on any atom is -0.329 e. The van der Waals surface area contributed by atoms with Crippen molar-refractivity contribution in [1.29, 1.82) is 0 Å². The van der Waals surface area contributed by atoms with E-state index in [0.29, 0.717) is 36.8 Å². The summed E-state index contributed by atoms with van der Waals surface area (Å²) in [5.41, 5.74) is 6.44. The van der Waals surface area contributed by atoms with E-state index in [1.54, 1.807) is 19.1 Å². The maximum Gasteiger partial charge on any atom is 0.243 e. The molecule has 0 amide bonds. The topological polar surface area (TPSA) is 66.6 Å². The van der Waals surface area contributed by atoms with E-state index in [1.165, 1.54) is 10.4 Å². The van der Waals surface area contributed by atoms with Crippen LogP contribution in [0.2, 0.25) is 5.02 Å². The second kappa shape index (κ2) is 5.99. The molecule has 1 unspecified atom stereocenters. The van der Waals surface area contributed by atoms with E-state index in [2.05, 4.69) is 4.90 Å². The normalized spacial score (nSPS) is 22.1. The predicted octanol–water partition coefficient (Wildman–Crippen LogP) is 0.912. The molecule has 7 heteroatoms. The lowest BCUT2D eigenvalue weighted by Crippen LogP contribution is -2.56. The number of nitrogens with zero attached hydrogens (tertiary/aromatic N) is 2. The molecule has 1 aromatic rings. The molecule has 0 radical (unpaired) electrons. The smallest absolute Gasteiger partial charge is 0.243 e. The zero-order chi connectivity index (χ0) is 14.9. The molecule has 5 nitrogen and oxygen atoms in total. The Bertz CT molecular complexity index is 591. The van der Waals surface area contributed by atoms with Crippen LogP contribution < -0.4 is 5.73 Å². The standard InChI is InChI=1S/C13H20ClN3O2S/c1-10-3-4-11(14)7-13(10)20(18,19)17-6-5-16(2)9-12(17)8-15/h3-4,7,12H,5-6,8-9,15H2,1-2H3. The molecule has 0 bridgehead atoms. The molecule has 0 saturated carbocycles. The molecule has 1 fully saturated rings. The summed E-state index contributed by atoms with van der Waals surface area (Å²) in [5.74, 6) is 0. The van der Waals surface area contributed by atoms with Crippen LogP contribution in [0.1, 0.15) is 5.56 Å². The molecule has 20 heavy (non-hydrogen) atoms. The first-order valence-corrected chi connectivity index (χ1v) is 8.34. The van der Waals surface area contributed by atoms with Crippen molar-refractivity contribution in [3.8, 4) is 0 Å². The van der Waals surface area contributed by atoms with E-state index in [4.69, 9.17) is 17.3 Å². The van der Waals surface area contributed by atoms with Gasteiger partial charge in [-0.2, -0.15) is 4.31 Å². The number of hydrogen-bond acceptors (Lipinski definition) is 4. The zero-order valence-corrected chi connectivity index (χ0v) is 13.3. The minimum absolute atomic E-state index is 0.197. The third kappa shape index (κ3) is 2.99.